The Balaban J connectivity index is 2.02. The molecule has 2 N–H and O–H groups in total. The number of benzene rings is 2. The summed E-state index contributed by atoms with van der Waals surface area (Å²) in [6.07, 6.45) is 0. The molecule has 21 heavy (non-hydrogen) atoms. The maximum absolute atomic E-state index is 5.94. The lowest BCUT2D eigenvalue weighted by Gasteiger charge is -2.12. The smallest absolute Gasteiger partial charge is 0.242 e. The number of nitrogen functional groups attached to an aromatic ring is 1. The molecule has 0 fully saturated rings. The molecule has 0 atom stereocenters. The van der Waals surface area contributed by atoms with E-state index in [9.17, 15) is 0 Å². The third-order valence-electron chi connectivity index (χ3n) is 3.21. The Morgan fingerprint density at radius 2 is 1.57 bits per heavy atom. The Hall–Kier alpha value is -2.81. The molecule has 0 radical (unpaired) electrons. The van der Waals surface area contributed by atoms with Crippen LogP contribution in [-0.4, -0.2) is 4.98 Å². The number of anilines is 1. The minimum atomic E-state index is 0.443. The van der Waals surface area contributed by atoms with E-state index in [-0.39, 0.29) is 0 Å². The predicted molar refractivity (Wildman–Crippen MR) is 85.3 cm³/mol. The minimum Gasteiger partial charge on any atom is -0.436 e. The Morgan fingerprint density at radius 3 is 2.38 bits per heavy atom. The summed E-state index contributed by atoms with van der Waals surface area (Å²) in [6, 6.07) is 21.7. The lowest BCUT2D eigenvalue weighted by Crippen LogP contribution is -1.97. The maximum atomic E-state index is 5.94. The number of rotatable bonds is 3. The van der Waals surface area contributed by atoms with Crippen molar-refractivity contribution in [3.8, 4) is 22.8 Å². The van der Waals surface area contributed by atoms with Crippen LogP contribution >= 0.6 is 0 Å². The summed E-state index contributed by atoms with van der Waals surface area (Å²) in [6.45, 7) is 1.91. The SMILES string of the molecule is Cc1ccc(N)c(Oc2ccccc2-c2ccccc2)n1. The van der Waals surface area contributed by atoms with Crippen molar-refractivity contribution < 1.29 is 4.74 Å². The van der Waals surface area contributed by atoms with E-state index < -0.39 is 0 Å². The Morgan fingerprint density at radius 1 is 0.857 bits per heavy atom. The Labute approximate surface area is 124 Å². The lowest BCUT2D eigenvalue weighted by atomic mass is 10.1. The lowest BCUT2D eigenvalue weighted by molar-refractivity contribution is 0.466. The highest BCUT2D eigenvalue weighted by Crippen LogP contribution is 2.34. The van der Waals surface area contributed by atoms with Gasteiger partial charge in [0.2, 0.25) is 5.88 Å². The first-order valence-electron chi connectivity index (χ1n) is 6.79. The quantitative estimate of drug-likeness (QED) is 0.769. The molecule has 3 rings (SSSR count). The largest absolute Gasteiger partial charge is 0.436 e. The molecule has 1 aromatic heterocycles. The van der Waals surface area contributed by atoms with Gasteiger partial charge in [-0.1, -0.05) is 48.5 Å². The average Bonchev–Trinajstić information content (AvgIpc) is 2.52. The normalized spacial score (nSPS) is 10.3. The van der Waals surface area contributed by atoms with E-state index in [0.717, 1.165) is 22.6 Å². The van der Waals surface area contributed by atoms with Gasteiger partial charge in [0, 0.05) is 11.3 Å². The molecular formula is C18H16N2O. The highest BCUT2D eigenvalue weighted by Gasteiger charge is 2.09. The molecule has 3 heteroatoms. The summed E-state index contributed by atoms with van der Waals surface area (Å²) in [5.41, 5.74) is 9.45. The number of aryl methyl sites for hydroxylation is 1. The zero-order chi connectivity index (χ0) is 14.7. The van der Waals surface area contributed by atoms with Crippen molar-refractivity contribution in [3.63, 3.8) is 0 Å². The average molecular weight is 276 g/mol. The summed E-state index contributed by atoms with van der Waals surface area (Å²) < 4.78 is 5.94. The molecule has 104 valence electrons. The van der Waals surface area contributed by atoms with E-state index in [4.69, 9.17) is 10.5 Å². The number of nitrogens with zero attached hydrogens (tertiary/aromatic N) is 1. The van der Waals surface area contributed by atoms with Crippen LogP contribution in [0.5, 0.6) is 11.6 Å². The van der Waals surface area contributed by atoms with Crippen LogP contribution < -0.4 is 10.5 Å². The molecule has 3 nitrogen and oxygen atoms in total. The van der Waals surface area contributed by atoms with Crippen molar-refractivity contribution in [1.82, 2.24) is 4.98 Å². The van der Waals surface area contributed by atoms with E-state index in [0.29, 0.717) is 11.6 Å². The molecule has 0 saturated heterocycles. The molecule has 0 unspecified atom stereocenters. The van der Waals surface area contributed by atoms with Gasteiger partial charge in [-0.3, -0.25) is 0 Å². The number of hydrogen-bond acceptors (Lipinski definition) is 3. The van der Waals surface area contributed by atoms with Crippen LogP contribution in [-0.2, 0) is 0 Å². The number of ether oxygens (including phenoxy) is 1. The van der Waals surface area contributed by atoms with Crippen LogP contribution in [0.4, 0.5) is 5.69 Å². The molecule has 0 amide bonds. The molecule has 0 aliphatic rings. The molecule has 0 aliphatic carbocycles. The molecule has 1 heterocycles. The standard InChI is InChI=1S/C18H16N2O/c1-13-11-12-16(19)18(20-13)21-17-10-6-5-9-15(17)14-7-3-2-4-8-14/h2-12H,19H2,1H3. The van der Waals surface area contributed by atoms with Crippen LogP contribution in [0.3, 0.4) is 0 Å². The maximum Gasteiger partial charge on any atom is 0.242 e. The van der Waals surface area contributed by atoms with E-state index in [1.165, 1.54) is 0 Å². The third-order valence-corrected chi connectivity index (χ3v) is 3.21. The minimum absolute atomic E-state index is 0.443. The molecule has 0 spiro atoms. The molecule has 0 bridgehead atoms. The highest BCUT2D eigenvalue weighted by atomic mass is 16.5. The van der Waals surface area contributed by atoms with Gasteiger partial charge in [-0.2, -0.15) is 0 Å². The number of aromatic nitrogens is 1. The third kappa shape index (κ3) is 2.87. The second kappa shape index (κ2) is 5.67. The first-order valence-corrected chi connectivity index (χ1v) is 6.79. The van der Waals surface area contributed by atoms with Gasteiger partial charge in [-0.05, 0) is 30.7 Å². The summed E-state index contributed by atoms with van der Waals surface area (Å²) in [5.74, 6) is 1.19. The van der Waals surface area contributed by atoms with Crippen LogP contribution in [0.25, 0.3) is 11.1 Å². The fourth-order valence-corrected chi connectivity index (χ4v) is 2.14. The summed E-state index contributed by atoms with van der Waals surface area (Å²) in [5, 5.41) is 0. The number of para-hydroxylation sites is 1. The Bertz CT molecular complexity index is 754. The molecular weight excluding hydrogens is 260 g/mol. The van der Waals surface area contributed by atoms with Gasteiger partial charge in [0.05, 0.1) is 5.69 Å². The van der Waals surface area contributed by atoms with Crippen LogP contribution in [0, 0.1) is 6.92 Å². The van der Waals surface area contributed by atoms with E-state index in [1.807, 2.05) is 61.5 Å². The first-order chi connectivity index (χ1) is 10.2. The summed E-state index contributed by atoms with van der Waals surface area (Å²) in [4.78, 5) is 4.36. The van der Waals surface area contributed by atoms with Gasteiger partial charge >= 0.3 is 0 Å². The van der Waals surface area contributed by atoms with E-state index >= 15 is 0 Å². The van der Waals surface area contributed by atoms with Gasteiger partial charge < -0.3 is 10.5 Å². The van der Waals surface area contributed by atoms with Gasteiger partial charge in [0.25, 0.3) is 0 Å². The summed E-state index contributed by atoms with van der Waals surface area (Å²) in [7, 11) is 0. The fraction of sp³-hybridized carbons (Fsp3) is 0.0556. The molecule has 3 aromatic rings. The van der Waals surface area contributed by atoms with E-state index in [1.54, 1.807) is 0 Å². The predicted octanol–water partition coefficient (Wildman–Crippen LogP) is 4.43. The van der Waals surface area contributed by atoms with Gasteiger partial charge in [0.15, 0.2) is 0 Å². The van der Waals surface area contributed by atoms with Crippen molar-refractivity contribution in [2.75, 3.05) is 5.73 Å². The second-order valence-corrected chi connectivity index (χ2v) is 4.81. The molecule has 0 saturated carbocycles. The topological polar surface area (TPSA) is 48.1 Å². The Kier molecular flexibility index (Phi) is 3.56. The van der Waals surface area contributed by atoms with Crippen molar-refractivity contribution in [3.05, 3.63) is 72.4 Å². The monoisotopic (exact) mass is 276 g/mol. The highest BCUT2D eigenvalue weighted by molar-refractivity contribution is 5.71. The zero-order valence-electron chi connectivity index (χ0n) is 11.8. The summed E-state index contributed by atoms with van der Waals surface area (Å²) >= 11 is 0. The van der Waals surface area contributed by atoms with Gasteiger partial charge in [0.1, 0.15) is 5.75 Å². The number of hydrogen-bond donors (Lipinski definition) is 1. The van der Waals surface area contributed by atoms with E-state index in [2.05, 4.69) is 17.1 Å². The van der Waals surface area contributed by atoms with Crippen molar-refractivity contribution in [2.24, 2.45) is 0 Å². The van der Waals surface area contributed by atoms with Gasteiger partial charge in [-0.15, -0.1) is 0 Å². The number of pyridine rings is 1. The van der Waals surface area contributed by atoms with Crippen molar-refractivity contribution in [2.45, 2.75) is 6.92 Å². The van der Waals surface area contributed by atoms with Crippen molar-refractivity contribution >= 4 is 5.69 Å². The molecule has 0 aliphatic heterocycles. The van der Waals surface area contributed by atoms with Crippen molar-refractivity contribution in [1.29, 1.82) is 0 Å². The first kappa shape index (κ1) is 13.2. The van der Waals surface area contributed by atoms with Crippen LogP contribution in [0.2, 0.25) is 0 Å². The zero-order valence-corrected chi connectivity index (χ0v) is 11.8. The number of nitrogens with two attached hydrogens (primary N) is 1. The van der Waals surface area contributed by atoms with Gasteiger partial charge in [-0.25, -0.2) is 4.98 Å². The van der Waals surface area contributed by atoms with Crippen LogP contribution in [0.1, 0.15) is 5.69 Å². The fourth-order valence-electron chi connectivity index (χ4n) is 2.14. The second-order valence-electron chi connectivity index (χ2n) is 4.81. The van der Waals surface area contributed by atoms with Crippen LogP contribution in [0.15, 0.2) is 66.7 Å². The molecule has 2 aromatic carbocycles.